The van der Waals surface area contributed by atoms with Crippen LogP contribution in [0.1, 0.15) is 30.6 Å². The van der Waals surface area contributed by atoms with Gasteiger partial charge in [0, 0.05) is 17.1 Å². The first-order valence-electron chi connectivity index (χ1n) is 8.23. The summed E-state index contributed by atoms with van der Waals surface area (Å²) in [5.74, 6) is -0.993. The summed E-state index contributed by atoms with van der Waals surface area (Å²) in [6.07, 6.45) is -1.06. The molecule has 1 heterocycles. The molecule has 2 atom stereocenters. The molecule has 0 aliphatic carbocycles. The van der Waals surface area contributed by atoms with Crippen molar-refractivity contribution in [1.29, 1.82) is 0 Å². The zero-order valence-corrected chi connectivity index (χ0v) is 16.7. The fourth-order valence-corrected chi connectivity index (χ4v) is 3.16. The van der Waals surface area contributed by atoms with Crippen LogP contribution in [-0.2, 0) is 16.0 Å². The third-order valence-electron chi connectivity index (χ3n) is 3.92. The van der Waals surface area contributed by atoms with E-state index in [1.165, 1.54) is 22.9 Å². The van der Waals surface area contributed by atoms with E-state index in [1.54, 1.807) is 6.92 Å². The number of hydrogen-bond acceptors (Lipinski definition) is 3. The summed E-state index contributed by atoms with van der Waals surface area (Å²) in [6.45, 7) is 3.73. The van der Waals surface area contributed by atoms with E-state index in [0.717, 1.165) is 6.07 Å². The summed E-state index contributed by atoms with van der Waals surface area (Å²) in [4.78, 5) is 12.5. The second-order valence-electron chi connectivity index (χ2n) is 6.28. The topological polar surface area (TPSA) is 40.5 Å². The molecule has 0 radical (unpaired) electrons. The molecule has 0 aliphatic rings. The fourth-order valence-electron chi connectivity index (χ4n) is 2.91. The predicted molar refractivity (Wildman–Crippen MR) is 101 cm³/mol. The molecule has 2 aromatic rings. The fraction of sp³-hybridized carbons (Fsp3) is 0.500. The van der Waals surface area contributed by atoms with Gasteiger partial charge in [0.05, 0.1) is 29.4 Å². The first-order chi connectivity index (χ1) is 12.3. The number of fused-ring (bicyclic) bond motifs is 1. The summed E-state index contributed by atoms with van der Waals surface area (Å²) in [7, 11) is 0. The van der Waals surface area contributed by atoms with Crippen molar-refractivity contribution < 1.29 is 27.4 Å². The van der Waals surface area contributed by atoms with Crippen LogP contribution in [0.5, 0.6) is 0 Å². The maximum atomic E-state index is 13.6. The van der Waals surface area contributed by atoms with E-state index >= 15 is 0 Å². The maximum Gasteiger partial charge on any atom is 0.340 e. The van der Waals surface area contributed by atoms with Crippen molar-refractivity contribution in [3.05, 3.63) is 35.8 Å². The third kappa shape index (κ3) is 5.60. The molecule has 1 aromatic carbocycles. The molecular formula is C18H21F3INO3. The molecule has 0 amide bonds. The minimum absolute atomic E-state index is 0.0863. The second kappa shape index (κ2) is 9.59. The van der Waals surface area contributed by atoms with Crippen molar-refractivity contribution >= 4 is 39.5 Å². The molecule has 8 heteroatoms. The lowest BCUT2D eigenvalue weighted by atomic mass is 10.1. The summed E-state index contributed by atoms with van der Waals surface area (Å²) >= 11 is 2.11. The Balaban J connectivity index is 2.17. The predicted octanol–water partition coefficient (Wildman–Crippen LogP) is 5.03. The molecule has 2 rings (SSSR count). The third-order valence-corrected chi connectivity index (χ3v) is 4.36. The van der Waals surface area contributed by atoms with Crippen molar-refractivity contribution in [3.8, 4) is 0 Å². The number of ether oxygens (including phenoxy) is 2. The average molecular weight is 483 g/mol. The van der Waals surface area contributed by atoms with E-state index in [1.807, 2.05) is 6.92 Å². The summed E-state index contributed by atoms with van der Waals surface area (Å²) in [6, 6.07) is 3.73. The molecule has 4 nitrogen and oxygen atoms in total. The lowest BCUT2D eigenvalue weighted by molar-refractivity contribution is 0.0256. The van der Waals surface area contributed by atoms with Gasteiger partial charge in [-0.1, -0.05) is 29.5 Å². The number of carbonyl (C=O) groups is 1. The summed E-state index contributed by atoms with van der Waals surface area (Å²) in [5.41, 5.74) is 0.457. The van der Waals surface area contributed by atoms with Crippen LogP contribution in [-0.4, -0.2) is 34.3 Å². The monoisotopic (exact) mass is 483 g/mol. The van der Waals surface area contributed by atoms with Crippen LogP contribution in [0.4, 0.5) is 13.2 Å². The van der Waals surface area contributed by atoms with E-state index in [9.17, 15) is 18.0 Å². The van der Waals surface area contributed by atoms with Crippen molar-refractivity contribution in [2.45, 2.75) is 39.3 Å². The van der Waals surface area contributed by atoms with Crippen molar-refractivity contribution in [3.63, 3.8) is 0 Å². The Bertz CT molecular complexity index is 751. The van der Waals surface area contributed by atoms with E-state index in [0.29, 0.717) is 23.2 Å². The van der Waals surface area contributed by atoms with Gasteiger partial charge in [-0.25, -0.2) is 18.0 Å². The molecule has 1 aromatic heterocycles. The van der Waals surface area contributed by atoms with Gasteiger partial charge in [-0.2, -0.15) is 0 Å². The van der Waals surface area contributed by atoms with Crippen molar-refractivity contribution in [2.75, 3.05) is 11.2 Å². The van der Waals surface area contributed by atoms with Gasteiger partial charge in [0.2, 0.25) is 0 Å². The highest BCUT2D eigenvalue weighted by Crippen LogP contribution is 2.25. The van der Waals surface area contributed by atoms with Gasteiger partial charge in [0.1, 0.15) is 5.82 Å². The number of rotatable bonds is 9. The molecular weight excluding hydrogens is 462 g/mol. The van der Waals surface area contributed by atoms with Gasteiger partial charge in [-0.15, -0.1) is 0 Å². The largest absolute Gasteiger partial charge is 0.459 e. The van der Waals surface area contributed by atoms with Gasteiger partial charge in [0.15, 0.2) is 0 Å². The van der Waals surface area contributed by atoms with Crippen LogP contribution >= 0.6 is 22.6 Å². The molecule has 0 N–H and O–H groups in total. The number of hydrogen-bond donors (Lipinski definition) is 0. The van der Waals surface area contributed by atoms with Crippen molar-refractivity contribution in [1.82, 2.24) is 4.57 Å². The second-order valence-corrected chi connectivity index (χ2v) is 6.91. The Morgan fingerprint density at radius 1 is 1.31 bits per heavy atom. The highest BCUT2D eigenvalue weighted by atomic mass is 127. The highest BCUT2D eigenvalue weighted by Gasteiger charge is 2.21. The van der Waals surface area contributed by atoms with Gasteiger partial charge in [-0.05, 0) is 37.5 Å². The Hall–Kier alpha value is -1.29. The van der Waals surface area contributed by atoms with Gasteiger partial charge < -0.3 is 14.0 Å². The molecule has 26 heavy (non-hydrogen) atoms. The van der Waals surface area contributed by atoms with E-state index in [2.05, 4.69) is 22.6 Å². The molecule has 0 aliphatic heterocycles. The SMILES string of the molecule is CC(COCI)CC(C)OC(=O)c1cn(CC(F)F)c2ccc(F)cc12. The average Bonchev–Trinajstić information content (AvgIpc) is 2.89. The molecule has 2 unspecified atom stereocenters. The standard InChI is InChI=1S/C18H21F3INO3/c1-11(9-25-10-22)5-12(2)26-18(24)15-7-23(8-17(20)21)16-4-3-13(19)6-14(15)16/h3-4,6-7,11-12,17H,5,8-10H2,1-2H3. The number of esters is 1. The van der Waals surface area contributed by atoms with Gasteiger partial charge in [-0.3, -0.25) is 0 Å². The zero-order valence-electron chi connectivity index (χ0n) is 14.6. The Morgan fingerprint density at radius 2 is 2.04 bits per heavy atom. The maximum absolute atomic E-state index is 13.6. The molecule has 0 spiro atoms. The Labute approximate surface area is 163 Å². The van der Waals surface area contributed by atoms with Crippen LogP contribution in [0.25, 0.3) is 10.9 Å². The normalized spacial score (nSPS) is 14.0. The van der Waals surface area contributed by atoms with E-state index in [4.69, 9.17) is 9.47 Å². The first kappa shape index (κ1) is 21.0. The smallest absolute Gasteiger partial charge is 0.340 e. The van der Waals surface area contributed by atoms with Crippen LogP contribution in [0.2, 0.25) is 0 Å². The molecule has 0 bridgehead atoms. The minimum Gasteiger partial charge on any atom is -0.459 e. The number of carbonyl (C=O) groups excluding carboxylic acids is 1. The Morgan fingerprint density at radius 3 is 2.69 bits per heavy atom. The summed E-state index contributed by atoms with van der Waals surface area (Å²) < 4.78 is 51.7. The first-order valence-corrected chi connectivity index (χ1v) is 9.75. The van der Waals surface area contributed by atoms with Crippen molar-refractivity contribution in [2.24, 2.45) is 5.92 Å². The lowest BCUT2D eigenvalue weighted by Crippen LogP contribution is -2.19. The molecule has 144 valence electrons. The highest BCUT2D eigenvalue weighted by molar-refractivity contribution is 14.1. The number of nitrogens with zero attached hydrogens (tertiary/aromatic N) is 1. The zero-order chi connectivity index (χ0) is 19.3. The lowest BCUT2D eigenvalue weighted by Gasteiger charge is -2.17. The van der Waals surface area contributed by atoms with Gasteiger partial charge >= 0.3 is 5.97 Å². The molecule has 0 saturated carbocycles. The van der Waals surface area contributed by atoms with E-state index in [-0.39, 0.29) is 23.0 Å². The minimum atomic E-state index is -2.59. The van der Waals surface area contributed by atoms with Crippen LogP contribution in [0.3, 0.4) is 0 Å². The van der Waals surface area contributed by atoms with Gasteiger partial charge in [0.25, 0.3) is 6.43 Å². The number of alkyl halides is 3. The quantitative estimate of drug-likeness (QED) is 0.286. The Kier molecular flexibility index (Phi) is 7.75. The van der Waals surface area contributed by atoms with Crippen LogP contribution in [0, 0.1) is 11.7 Å². The number of benzene rings is 1. The molecule has 0 fully saturated rings. The van der Waals surface area contributed by atoms with E-state index < -0.39 is 24.8 Å². The van der Waals surface area contributed by atoms with Crippen LogP contribution in [0.15, 0.2) is 24.4 Å². The number of halogens is 4. The number of aromatic nitrogens is 1. The van der Waals surface area contributed by atoms with Crippen LogP contribution < -0.4 is 0 Å². The molecule has 0 saturated heterocycles. The summed E-state index contributed by atoms with van der Waals surface area (Å²) in [5, 5.41) is 0.268.